The van der Waals surface area contributed by atoms with Gasteiger partial charge in [0.15, 0.2) is 0 Å². The summed E-state index contributed by atoms with van der Waals surface area (Å²) in [5.74, 6) is 0.381. The van der Waals surface area contributed by atoms with Crippen LogP contribution in [-0.4, -0.2) is 25.0 Å². The first-order valence-corrected chi connectivity index (χ1v) is 9.89. The summed E-state index contributed by atoms with van der Waals surface area (Å²) in [4.78, 5) is 24.5. The lowest BCUT2D eigenvalue weighted by molar-refractivity contribution is -0.114. The molecule has 3 aromatic carbocycles. The topological polar surface area (TPSA) is 79.5 Å². The van der Waals surface area contributed by atoms with Gasteiger partial charge in [0.1, 0.15) is 12.4 Å². The molecule has 6 heteroatoms. The quantitative estimate of drug-likeness (QED) is 0.436. The monoisotopic (exact) mass is 415 g/mol. The Morgan fingerprint density at radius 2 is 1.55 bits per heavy atom. The van der Waals surface area contributed by atoms with Gasteiger partial charge in [-0.1, -0.05) is 30.4 Å². The second kappa shape index (κ2) is 10.6. The van der Waals surface area contributed by atoms with Gasteiger partial charge in [-0.3, -0.25) is 9.59 Å². The molecule has 0 saturated carbocycles. The summed E-state index contributed by atoms with van der Waals surface area (Å²) in [5, 5.41) is 8.75. The molecule has 0 aliphatic carbocycles. The van der Waals surface area contributed by atoms with E-state index in [1.54, 1.807) is 48.5 Å². The van der Waals surface area contributed by atoms with Crippen LogP contribution in [0.2, 0.25) is 0 Å². The molecule has 31 heavy (non-hydrogen) atoms. The molecule has 0 bridgehead atoms. The van der Waals surface area contributed by atoms with Crippen LogP contribution >= 0.6 is 0 Å². The van der Waals surface area contributed by atoms with E-state index in [9.17, 15) is 9.59 Å². The van der Waals surface area contributed by atoms with E-state index in [0.29, 0.717) is 29.3 Å². The first-order chi connectivity index (χ1) is 15.0. The van der Waals surface area contributed by atoms with Crippen LogP contribution in [0.15, 0.2) is 85.5 Å². The largest absolute Gasteiger partial charge is 0.490 e. The van der Waals surface area contributed by atoms with Crippen LogP contribution in [0.5, 0.6) is 5.75 Å². The van der Waals surface area contributed by atoms with Crippen molar-refractivity contribution in [2.75, 3.05) is 29.1 Å². The minimum absolute atomic E-state index is 0.115. The first kappa shape index (κ1) is 21.6. The summed E-state index contributed by atoms with van der Waals surface area (Å²) < 4.78 is 5.42. The van der Waals surface area contributed by atoms with E-state index in [-0.39, 0.29) is 18.4 Å². The van der Waals surface area contributed by atoms with Gasteiger partial charge in [0, 0.05) is 22.6 Å². The van der Waals surface area contributed by atoms with Gasteiger partial charge in [-0.2, -0.15) is 0 Å². The van der Waals surface area contributed by atoms with Crippen molar-refractivity contribution in [3.63, 3.8) is 0 Å². The summed E-state index contributed by atoms with van der Waals surface area (Å²) in [6, 6.07) is 21.7. The van der Waals surface area contributed by atoms with Gasteiger partial charge in [-0.25, -0.2) is 0 Å². The zero-order valence-electron chi connectivity index (χ0n) is 17.4. The SMILES string of the molecule is C=CCOc1ccc(NC(=O)CNc2ccc(NC(=O)c3cccc(C)c3)cc2)cc1. The van der Waals surface area contributed by atoms with Gasteiger partial charge in [-0.05, 0) is 67.6 Å². The number of nitrogens with one attached hydrogen (secondary N) is 3. The van der Waals surface area contributed by atoms with Crippen LogP contribution in [0.25, 0.3) is 0 Å². The van der Waals surface area contributed by atoms with E-state index >= 15 is 0 Å². The maximum Gasteiger partial charge on any atom is 0.255 e. The summed E-state index contributed by atoms with van der Waals surface area (Å²) in [6.07, 6.45) is 1.67. The Bertz CT molecular complexity index is 1040. The Morgan fingerprint density at radius 1 is 0.903 bits per heavy atom. The average Bonchev–Trinajstić information content (AvgIpc) is 2.78. The van der Waals surface area contributed by atoms with E-state index in [1.165, 1.54) is 0 Å². The lowest BCUT2D eigenvalue weighted by Gasteiger charge is -2.10. The van der Waals surface area contributed by atoms with Crippen LogP contribution in [0, 0.1) is 6.92 Å². The maximum absolute atomic E-state index is 12.3. The Labute approximate surface area is 181 Å². The molecule has 0 aliphatic rings. The highest BCUT2D eigenvalue weighted by atomic mass is 16.5. The smallest absolute Gasteiger partial charge is 0.255 e. The molecule has 0 spiro atoms. The van der Waals surface area contributed by atoms with E-state index in [0.717, 1.165) is 11.3 Å². The van der Waals surface area contributed by atoms with Crippen LogP contribution < -0.4 is 20.7 Å². The van der Waals surface area contributed by atoms with Crippen molar-refractivity contribution < 1.29 is 14.3 Å². The van der Waals surface area contributed by atoms with Gasteiger partial charge in [0.05, 0.1) is 6.54 Å². The second-order valence-electron chi connectivity index (χ2n) is 6.93. The molecular formula is C25H25N3O3. The van der Waals surface area contributed by atoms with Crippen molar-refractivity contribution in [3.05, 3.63) is 96.6 Å². The molecule has 0 aliphatic heterocycles. The van der Waals surface area contributed by atoms with Crippen LogP contribution in [-0.2, 0) is 4.79 Å². The van der Waals surface area contributed by atoms with Crippen molar-refractivity contribution in [3.8, 4) is 5.75 Å². The number of anilines is 3. The van der Waals surface area contributed by atoms with Crippen molar-refractivity contribution in [1.82, 2.24) is 0 Å². The molecular weight excluding hydrogens is 390 g/mol. The number of benzene rings is 3. The molecule has 3 N–H and O–H groups in total. The number of hydrogen-bond donors (Lipinski definition) is 3. The minimum Gasteiger partial charge on any atom is -0.490 e. The number of aryl methyl sites for hydroxylation is 1. The van der Waals surface area contributed by atoms with Gasteiger partial charge < -0.3 is 20.7 Å². The fourth-order valence-electron chi connectivity index (χ4n) is 2.84. The molecule has 0 heterocycles. The van der Waals surface area contributed by atoms with Gasteiger partial charge in [-0.15, -0.1) is 0 Å². The molecule has 0 fully saturated rings. The van der Waals surface area contributed by atoms with Gasteiger partial charge in [0.25, 0.3) is 5.91 Å². The number of carbonyl (C=O) groups excluding carboxylic acids is 2. The van der Waals surface area contributed by atoms with E-state index in [2.05, 4.69) is 22.5 Å². The predicted octanol–water partition coefficient (Wildman–Crippen LogP) is 4.86. The zero-order valence-corrected chi connectivity index (χ0v) is 17.4. The van der Waals surface area contributed by atoms with Crippen LogP contribution in [0.1, 0.15) is 15.9 Å². The zero-order chi connectivity index (χ0) is 22.1. The summed E-state index contributed by atoms with van der Waals surface area (Å²) >= 11 is 0. The second-order valence-corrected chi connectivity index (χ2v) is 6.93. The maximum atomic E-state index is 12.3. The Balaban J connectivity index is 1.46. The fraction of sp³-hybridized carbons (Fsp3) is 0.120. The third kappa shape index (κ3) is 6.75. The number of amides is 2. The van der Waals surface area contributed by atoms with Crippen LogP contribution in [0.3, 0.4) is 0 Å². The number of ether oxygens (including phenoxy) is 1. The molecule has 0 radical (unpaired) electrons. The molecule has 6 nitrogen and oxygen atoms in total. The molecule has 2 amide bonds. The fourth-order valence-corrected chi connectivity index (χ4v) is 2.84. The van der Waals surface area contributed by atoms with E-state index in [1.807, 2.05) is 37.3 Å². The normalized spacial score (nSPS) is 10.1. The number of carbonyl (C=O) groups is 2. The Morgan fingerprint density at radius 3 is 2.23 bits per heavy atom. The van der Waals surface area contributed by atoms with Gasteiger partial charge in [0.2, 0.25) is 5.91 Å². The Kier molecular flexibility index (Phi) is 7.43. The number of rotatable bonds is 9. The molecule has 3 rings (SSSR count). The molecule has 0 atom stereocenters. The summed E-state index contributed by atoms with van der Waals surface area (Å²) in [6.45, 7) is 6.10. The average molecular weight is 415 g/mol. The molecule has 3 aromatic rings. The van der Waals surface area contributed by atoms with E-state index in [4.69, 9.17) is 4.74 Å². The molecule has 158 valence electrons. The summed E-state index contributed by atoms with van der Waals surface area (Å²) in [7, 11) is 0. The van der Waals surface area contributed by atoms with Gasteiger partial charge >= 0.3 is 0 Å². The minimum atomic E-state index is -0.170. The molecule has 0 aromatic heterocycles. The highest BCUT2D eigenvalue weighted by Gasteiger charge is 2.07. The Hall–Kier alpha value is -4.06. The highest BCUT2D eigenvalue weighted by molar-refractivity contribution is 6.04. The molecule has 0 unspecified atom stereocenters. The lowest BCUT2D eigenvalue weighted by atomic mass is 10.1. The number of hydrogen-bond acceptors (Lipinski definition) is 4. The lowest BCUT2D eigenvalue weighted by Crippen LogP contribution is -2.21. The standard InChI is InChI=1S/C25H25N3O3/c1-3-15-31-23-13-11-21(12-14-23)27-24(29)17-26-20-7-9-22(10-8-20)28-25(30)19-6-4-5-18(2)16-19/h3-14,16,26H,1,15,17H2,2H3,(H,27,29)(H,28,30). The van der Waals surface area contributed by atoms with Crippen molar-refractivity contribution in [1.29, 1.82) is 0 Å². The third-order valence-electron chi connectivity index (χ3n) is 4.38. The predicted molar refractivity (Wildman–Crippen MR) is 125 cm³/mol. The highest BCUT2D eigenvalue weighted by Crippen LogP contribution is 2.17. The third-order valence-corrected chi connectivity index (χ3v) is 4.38. The van der Waals surface area contributed by atoms with Crippen molar-refractivity contribution in [2.45, 2.75) is 6.92 Å². The van der Waals surface area contributed by atoms with Crippen molar-refractivity contribution in [2.24, 2.45) is 0 Å². The van der Waals surface area contributed by atoms with Crippen molar-refractivity contribution >= 4 is 28.9 Å². The van der Waals surface area contributed by atoms with Crippen LogP contribution in [0.4, 0.5) is 17.1 Å². The van der Waals surface area contributed by atoms with E-state index < -0.39 is 0 Å². The molecule has 0 saturated heterocycles. The first-order valence-electron chi connectivity index (χ1n) is 9.89. The summed E-state index contributed by atoms with van der Waals surface area (Å²) in [5.41, 5.74) is 3.78.